The van der Waals surface area contributed by atoms with Crippen LogP contribution in [0.25, 0.3) is 0 Å². The molecular formula is C8H10Cl2. The zero-order valence-electron chi connectivity index (χ0n) is 5.74. The molecule has 0 unspecified atom stereocenters. The highest BCUT2D eigenvalue weighted by Crippen LogP contribution is 2.20. The van der Waals surface area contributed by atoms with E-state index in [0.717, 1.165) is 0 Å². The van der Waals surface area contributed by atoms with Gasteiger partial charge in [0.25, 0.3) is 0 Å². The maximum atomic E-state index is 5.74. The molecule has 0 aromatic rings. The largest absolute Gasteiger partial charge is 0.103 e. The summed E-state index contributed by atoms with van der Waals surface area (Å²) in [7, 11) is 0. The smallest absolute Gasteiger partial charge is 0.0366 e. The molecule has 0 atom stereocenters. The van der Waals surface area contributed by atoms with E-state index in [-0.39, 0.29) is 0 Å². The van der Waals surface area contributed by atoms with E-state index < -0.39 is 0 Å². The lowest BCUT2D eigenvalue weighted by atomic mass is 10.3. The van der Waals surface area contributed by atoms with Gasteiger partial charge in [0.1, 0.15) is 0 Å². The first-order valence-electron chi connectivity index (χ1n) is 2.97. The van der Waals surface area contributed by atoms with E-state index in [1.54, 1.807) is 12.2 Å². The molecule has 0 saturated heterocycles. The lowest BCUT2D eigenvalue weighted by molar-refractivity contribution is 1.26. The van der Waals surface area contributed by atoms with Crippen molar-refractivity contribution in [1.82, 2.24) is 0 Å². The van der Waals surface area contributed by atoms with Crippen molar-refractivity contribution in [1.29, 1.82) is 0 Å². The Kier molecular flexibility index (Phi) is 5.46. The molecule has 0 spiro atoms. The third-order valence-corrected chi connectivity index (χ3v) is 1.80. The lowest BCUT2D eigenvalue weighted by Gasteiger charge is -1.95. The van der Waals surface area contributed by atoms with Gasteiger partial charge in [0.2, 0.25) is 0 Å². The van der Waals surface area contributed by atoms with Gasteiger partial charge in [-0.15, -0.1) is 13.2 Å². The van der Waals surface area contributed by atoms with Crippen LogP contribution < -0.4 is 0 Å². The molecule has 56 valence electrons. The van der Waals surface area contributed by atoms with Crippen LogP contribution in [0.4, 0.5) is 0 Å². The molecule has 0 heterocycles. The molecule has 0 aromatic carbocycles. The zero-order valence-corrected chi connectivity index (χ0v) is 7.25. The molecule has 0 N–H and O–H groups in total. The molecule has 0 aliphatic rings. The monoisotopic (exact) mass is 176 g/mol. The Morgan fingerprint density at radius 1 is 1.00 bits per heavy atom. The summed E-state index contributed by atoms with van der Waals surface area (Å²) in [6.45, 7) is 7.08. The molecule has 0 radical (unpaired) electrons. The standard InChI is InChI=1S/C8H10Cl2/c1-3-5-7(9)8(10)6-4-2/h3-4H,1-2,5-6H2. The van der Waals surface area contributed by atoms with Crippen LogP contribution in [0.2, 0.25) is 0 Å². The Balaban J connectivity index is 4.02. The fourth-order valence-corrected chi connectivity index (χ4v) is 0.847. The van der Waals surface area contributed by atoms with Crippen LogP contribution in [-0.4, -0.2) is 0 Å². The van der Waals surface area contributed by atoms with Gasteiger partial charge >= 0.3 is 0 Å². The topological polar surface area (TPSA) is 0 Å². The van der Waals surface area contributed by atoms with Gasteiger partial charge in [0.15, 0.2) is 0 Å². The number of allylic oxidation sites excluding steroid dienone is 4. The van der Waals surface area contributed by atoms with Crippen LogP contribution in [-0.2, 0) is 0 Å². The van der Waals surface area contributed by atoms with Crippen LogP contribution in [0.1, 0.15) is 12.8 Å². The first-order valence-corrected chi connectivity index (χ1v) is 3.72. The van der Waals surface area contributed by atoms with E-state index in [0.29, 0.717) is 22.9 Å². The third-order valence-electron chi connectivity index (χ3n) is 0.941. The van der Waals surface area contributed by atoms with E-state index in [2.05, 4.69) is 13.2 Å². The summed E-state index contributed by atoms with van der Waals surface area (Å²) in [5.41, 5.74) is 0. The van der Waals surface area contributed by atoms with Crippen molar-refractivity contribution in [2.24, 2.45) is 0 Å². The summed E-state index contributed by atoms with van der Waals surface area (Å²) >= 11 is 11.5. The molecule has 0 aliphatic carbocycles. The summed E-state index contributed by atoms with van der Waals surface area (Å²) in [6, 6.07) is 0. The quantitative estimate of drug-likeness (QED) is 0.572. The normalized spacial score (nSPS) is 12.2. The molecule has 10 heavy (non-hydrogen) atoms. The second-order valence-electron chi connectivity index (χ2n) is 1.80. The fourth-order valence-electron chi connectivity index (χ4n) is 0.475. The summed E-state index contributed by atoms with van der Waals surface area (Å²) < 4.78 is 0. The summed E-state index contributed by atoms with van der Waals surface area (Å²) in [5.74, 6) is 0. The van der Waals surface area contributed by atoms with Crippen molar-refractivity contribution < 1.29 is 0 Å². The van der Waals surface area contributed by atoms with Crippen LogP contribution in [0, 0.1) is 0 Å². The minimum absolute atomic E-state index is 0.633. The van der Waals surface area contributed by atoms with Gasteiger partial charge < -0.3 is 0 Å². The van der Waals surface area contributed by atoms with E-state index in [4.69, 9.17) is 23.2 Å². The van der Waals surface area contributed by atoms with Crippen molar-refractivity contribution in [3.63, 3.8) is 0 Å². The molecule has 0 aromatic heterocycles. The fraction of sp³-hybridized carbons (Fsp3) is 0.250. The maximum absolute atomic E-state index is 5.74. The zero-order chi connectivity index (χ0) is 7.98. The van der Waals surface area contributed by atoms with Crippen molar-refractivity contribution >= 4 is 23.2 Å². The first-order chi connectivity index (χ1) is 4.72. The predicted octanol–water partition coefficient (Wildman–Crippen LogP) is 3.83. The number of hydrogen-bond acceptors (Lipinski definition) is 0. The average Bonchev–Trinajstić information content (AvgIpc) is 1.89. The molecule has 0 bridgehead atoms. The van der Waals surface area contributed by atoms with Gasteiger partial charge in [0.05, 0.1) is 0 Å². The maximum Gasteiger partial charge on any atom is 0.0366 e. The Labute approximate surface area is 71.8 Å². The summed E-state index contributed by atoms with van der Waals surface area (Å²) in [6.07, 6.45) is 4.70. The van der Waals surface area contributed by atoms with Crippen molar-refractivity contribution in [2.75, 3.05) is 0 Å². The average molecular weight is 177 g/mol. The van der Waals surface area contributed by atoms with Crippen LogP contribution >= 0.6 is 23.2 Å². The lowest BCUT2D eigenvalue weighted by Crippen LogP contribution is -1.74. The van der Waals surface area contributed by atoms with Crippen molar-refractivity contribution in [3.05, 3.63) is 35.4 Å². The minimum atomic E-state index is 0.633. The number of hydrogen-bond donors (Lipinski definition) is 0. The van der Waals surface area contributed by atoms with E-state index in [1.165, 1.54) is 0 Å². The third kappa shape index (κ3) is 3.76. The van der Waals surface area contributed by atoms with Crippen LogP contribution in [0.15, 0.2) is 35.4 Å². The Bertz CT molecular complexity index is 139. The first kappa shape index (κ1) is 9.80. The van der Waals surface area contributed by atoms with Gasteiger partial charge in [-0.2, -0.15) is 0 Å². The molecule has 0 rings (SSSR count). The van der Waals surface area contributed by atoms with Crippen LogP contribution in [0.5, 0.6) is 0 Å². The predicted molar refractivity (Wildman–Crippen MR) is 48.4 cm³/mol. The molecule has 0 fully saturated rings. The summed E-state index contributed by atoms with van der Waals surface area (Å²) in [4.78, 5) is 0. The van der Waals surface area contributed by atoms with Gasteiger partial charge in [-0.25, -0.2) is 0 Å². The molecule has 2 heteroatoms. The molecule has 0 amide bonds. The second-order valence-corrected chi connectivity index (χ2v) is 2.71. The van der Waals surface area contributed by atoms with Crippen LogP contribution in [0.3, 0.4) is 0 Å². The Hall–Kier alpha value is -0.200. The Morgan fingerprint density at radius 2 is 1.30 bits per heavy atom. The van der Waals surface area contributed by atoms with Crippen molar-refractivity contribution in [2.45, 2.75) is 12.8 Å². The highest BCUT2D eigenvalue weighted by atomic mass is 35.5. The van der Waals surface area contributed by atoms with E-state index in [1.807, 2.05) is 0 Å². The molecule has 0 saturated carbocycles. The molecule has 0 nitrogen and oxygen atoms in total. The Morgan fingerprint density at radius 3 is 1.50 bits per heavy atom. The second kappa shape index (κ2) is 5.57. The highest BCUT2D eigenvalue weighted by molar-refractivity contribution is 6.39. The van der Waals surface area contributed by atoms with Gasteiger partial charge in [0, 0.05) is 22.9 Å². The molecular weight excluding hydrogens is 167 g/mol. The van der Waals surface area contributed by atoms with E-state index in [9.17, 15) is 0 Å². The van der Waals surface area contributed by atoms with Gasteiger partial charge in [-0.1, -0.05) is 35.4 Å². The SMILES string of the molecule is C=CCC(Cl)=C(Cl)CC=C. The minimum Gasteiger partial charge on any atom is -0.103 e. The molecule has 0 aliphatic heterocycles. The van der Waals surface area contributed by atoms with E-state index >= 15 is 0 Å². The van der Waals surface area contributed by atoms with Gasteiger partial charge in [-0.3, -0.25) is 0 Å². The van der Waals surface area contributed by atoms with Crippen molar-refractivity contribution in [3.8, 4) is 0 Å². The highest BCUT2D eigenvalue weighted by Gasteiger charge is 1.96. The number of halogens is 2. The van der Waals surface area contributed by atoms with Gasteiger partial charge in [-0.05, 0) is 0 Å². The number of rotatable bonds is 4. The summed E-state index contributed by atoms with van der Waals surface area (Å²) in [5, 5.41) is 1.30.